The summed E-state index contributed by atoms with van der Waals surface area (Å²) in [6, 6.07) is 0.444. The van der Waals surface area contributed by atoms with E-state index in [1.807, 2.05) is 0 Å². The molecular formula is C12H22N2O3. The van der Waals surface area contributed by atoms with Crippen LogP contribution >= 0.6 is 0 Å². The van der Waals surface area contributed by atoms with E-state index in [0.29, 0.717) is 18.5 Å². The average molecular weight is 242 g/mol. The number of carboxylic acid groups (broad SMARTS) is 1. The summed E-state index contributed by atoms with van der Waals surface area (Å²) in [4.78, 5) is 24.1. The molecule has 1 unspecified atom stereocenters. The Labute approximate surface area is 102 Å². The second-order valence-corrected chi connectivity index (χ2v) is 4.95. The van der Waals surface area contributed by atoms with Crippen molar-refractivity contribution in [2.24, 2.45) is 5.92 Å². The third-order valence-corrected chi connectivity index (χ3v) is 3.22. The van der Waals surface area contributed by atoms with Crippen molar-refractivity contribution in [3.05, 3.63) is 0 Å². The van der Waals surface area contributed by atoms with Gasteiger partial charge in [0.25, 0.3) is 0 Å². The van der Waals surface area contributed by atoms with Crippen LogP contribution in [0.25, 0.3) is 0 Å². The second-order valence-electron chi connectivity index (χ2n) is 4.95. The van der Waals surface area contributed by atoms with Gasteiger partial charge in [-0.15, -0.1) is 0 Å². The van der Waals surface area contributed by atoms with Gasteiger partial charge in [0, 0.05) is 6.04 Å². The van der Waals surface area contributed by atoms with E-state index in [4.69, 9.17) is 5.11 Å². The maximum Gasteiger partial charge on any atom is 0.322 e. The van der Waals surface area contributed by atoms with Gasteiger partial charge in [-0.05, 0) is 25.3 Å². The summed E-state index contributed by atoms with van der Waals surface area (Å²) in [7, 11) is 0. The minimum Gasteiger partial charge on any atom is -0.480 e. The van der Waals surface area contributed by atoms with E-state index in [0.717, 1.165) is 19.4 Å². The number of nitrogens with zero attached hydrogens (tertiary/aromatic N) is 1. The standard InChI is InChI=1S/C12H22N2O3/c1-9(2)10-5-3-4-6-14(10)8-11(15)13-7-12(16)17/h9-10H,3-8H2,1-2H3,(H,13,15)(H,16,17). The normalized spacial score (nSPS) is 21.5. The van der Waals surface area contributed by atoms with Gasteiger partial charge in [-0.3, -0.25) is 14.5 Å². The Balaban J connectivity index is 2.41. The smallest absolute Gasteiger partial charge is 0.322 e. The summed E-state index contributed by atoms with van der Waals surface area (Å²) in [5.41, 5.74) is 0. The summed E-state index contributed by atoms with van der Waals surface area (Å²) in [6.07, 6.45) is 3.47. The lowest BCUT2D eigenvalue weighted by Crippen LogP contribution is -2.48. The van der Waals surface area contributed by atoms with Crippen molar-refractivity contribution in [2.75, 3.05) is 19.6 Å². The molecule has 0 aliphatic carbocycles. The van der Waals surface area contributed by atoms with Crippen molar-refractivity contribution in [1.82, 2.24) is 10.2 Å². The zero-order valence-electron chi connectivity index (χ0n) is 10.6. The fourth-order valence-electron chi connectivity index (χ4n) is 2.38. The zero-order chi connectivity index (χ0) is 12.8. The van der Waals surface area contributed by atoms with Crippen LogP contribution in [-0.4, -0.2) is 47.6 Å². The molecule has 1 aliphatic rings. The first-order chi connectivity index (χ1) is 8.00. The minimum absolute atomic E-state index is 0.194. The Kier molecular flexibility index (Phi) is 5.41. The van der Waals surface area contributed by atoms with Crippen molar-refractivity contribution >= 4 is 11.9 Å². The zero-order valence-corrected chi connectivity index (χ0v) is 10.6. The van der Waals surface area contributed by atoms with Crippen molar-refractivity contribution in [2.45, 2.75) is 39.2 Å². The highest BCUT2D eigenvalue weighted by Crippen LogP contribution is 2.22. The molecule has 2 N–H and O–H groups in total. The number of likely N-dealkylation sites (tertiary alicyclic amines) is 1. The summed E-state index contributed by atoms with van der Waals surface area (Å²) in [5, 5.41) is 10.9. The Morgan fingerprint density at radius 1 is 1.41 bits per heavy atom. The van der Waals surface area contributed by atoms with Gasteiger partial charge >= 0.3 is 5.97 Å². The molecule has 1 heterocycles. The summed E-state index contributed by atoms with van der Waals surface area (Å²) in [5.74, 6) is -0.667. The highest BCUT2D eigenvalue weighted by atomic mass is 16.4. The first-order valence-corrected chi connectivity index (χ1v) is 6.23. The van der Waals surface area contributed by atoms with Crippen LogP contribution in [0, 0.1) is 5.92 Å². The lowest BCUT2D eigenvalue weighted by atomic mass is 9.93. The van der Waals surface area contributed by atoms with Crippen LogP contribution in [0.5, 0.6) is 0 Å². The van der Waals surface area contributed by atoms with Crippen LogP contribution in [0.2, 0.25) is 0 Å². The summed E-state index contributed by atoms with van der Waals surface area (Å²) >= 11 is 0. The number of rotatable bonds is 5. The molecule has 0 radical (unpaired) electrons. The Morgan fingerprint density at radius 3 is 2.71 bits per heavy atom. The average Bonchev–Trinajstić information content (AvgIpc) is 2.27. The number of amides is 1. The molecule has 1 rings (SSSR count). The molecule has 98 valence electrons. The number of nitrogens with one attached hydrogen (secondary N) is 1. The molecule has 1 saturated heterocycles. The van der Waals surface area contributed by atoms with E-state index >= 15 is 0 Å². The van der Waals surface area contributed by atoms with Gasteiger partial charge in [0.15, 0.2) is 0 Å². The molecule has 0 aromatic rings. The first kappa shape index (κ1) is 14.0. The Morgan fingerprint density at radius 2 is 2.12 bits per heavy atom. The van der Waals surface area contributed by atoms with E-state index in [2.05, 4.69) is 24.1 Å². The van der Waals surface area contributed by atoms with Crippen molar-refractivity contribution < 1.29 is 14.7 Å². The number of hydrogen-bond acceptors (Lipinski definition) is 3. The number of carbonyl (C=O) groups is 2. The molecule has 1 aliphatic heterocycles. The maximum atomic E-state index is 11.6. The van der Waals surface area contributed by atoms with Crippen molar-refractivity contribution in [3.8, 4) is 0 Å². The maximum absolute atomic E-state index is 11.6. The molecule has 1 amide bonds. The van der Waals surface area contributed by atoms with Gasteiger partial charge in [0.2, 0.25) is 5.91 Å². The molecule has 1 fully saturated rings. The second kappa shape index (κ2) is 6.59. The highest BCUT2D eigenvalue weighted by molar-refractivity contribution is 5.82. The highest BCUT2D eigenvalue weighted by Gasteiger charge is 2.26. The van der Waals surface area contributed by atoms with E-state index in [9.17, 15) is 9.59 Å². The van der Waals surface area contributed by atoms with Crippen LogP contribution < -0.4 is 5.32 Å². The minimum atomic E-state index is -1.00. The van der Waals surface area contributed by atoms with Gasteiger partial charge in [0.1, 0.15) is 6.54 Å². The van der Waals surface area contributed by atoms with Crippen LogP contribution in [0.1, 0.15) is 33.1 Å². The molecule has 1 atom stereocenters. The monoisotopic (exact) mass is 242 g/mol. The van der Waals surface area contributed by atoms with Gasteiger partial charge < -0.3 is 10.4 Å². The number of carboxylic acids is 1. The molecule has 17 heavy (non-hydrogen) atoms. The lowest BCUT2D eigenvalue weighted by molar-refractivity contribution is -0.138. The predicted molar refractivity (Wildman–Crippen MR) is 64.7 cm³/mol. The van der Waals surface area contributed by atoms with Gasteiger partial charge in [-0.1, -0.05) is 20.3 Å². The van der Waals surface area contributed by atoms with Crippen molar-refractivity contribution in [3.63, 3.8) is 0 Å². The number of piperidine rings is 1. The third-order valence-electron chi connectivity index (χ3n) is 3.22. The van der Waals surface area contributed by atoms with Gasteiger partial charge in [-0.25, -0.2) is 0 Å². The molecule has 5 nitrogen and oxygen atoms in total. The van der Waals surface area contributed by atoms with Crippen LogP contribution in [-0.2, 0) is 9.59 Å². The Hall–Kier alpha value is -1.10. The molecule has 0 saturated carbocycles. The van der Waals surface area contributed by atoms with E-state index < -0.39 is 5.97 Å². The SMILES string of the molecule is CC(C)C1CCCCN1CC(=O)NCC(=O)O. The Bertz CT molecular complexity index is 279. The molecule has 5 heteroatoms. The fourth-order valence-corrected chi connectivity index (χ4v) is 2.38. The van der Waals surface area contributed by atoms with Crippen LogP contribution in [0.4, 0.5) is 0 Å². The van der Waals surface area contributed by atoms with Gasteiger partial charge in [0.05, 0.1) is 6.54 Å². The molecular weight excluding hydrogens is 220 g/mol. The quantitative estimate of drug-likeness (QED) is 0.744. The van der Waals surface area contributed by atoms with Crippen LogP contribution in [0.15, 0.2) is 0 Å². The molecule has 0 spiro atoms. The fraction of sp³-hybridized carbons (Fsp3) is 0.833. The number of hydrogen-bond donors (Lipinski definition) is 2. The third kappa shape index (κ3) is 4.73. The molecule has 0 bridgehead atoms. The number of aliphatic carboxylic acids is 1. The first-order valence-electron chi connectivity index (χ1n) is 6.23. The summed E-state index contributed by atoms with van der Waals surface area (Å²) < 4.78 is 0. The predicted octanol–water partition coefficient (Wildman–Crippen LogP) is 0.698. The van der Waals surface area contributed by atoms with Crippen molar-refractivity contribution in [1.29, 1.82) is 0 Å². The molecule has 0 aromatic carbocycles. The molecule has 0 aromatic heterocycles. The largest absolute Gasteiger partial charge is 0.480 e. The topological polar surface area (TPSA) is 69.6 Å². The van der Waals surface area contributed by atoms with E-state index in [1.54, 1.807) is 0 Å². The lowest BCUT2D eigenvalue weighted by Gasteiger charge is -2.37. The van der Waals surface area contributed by atoms with E-state index in [1.165, 1.54) is 6.42 Å². The summed E-state index contributed by atoms with van der Waals surface area (Å²) in [6.45, 7) is 5.29. The van der Waals surface area contributed by atoms with Crippen LogP contribution in [0.3, 0.4) is 0 Å². The number of carbonyl (C=O) groups excluding carboxylic acids is 1. The van der Waals surface area contributed by atoms with E-state index in [-0.39, 0.29) is 12.5 Å². The van der Waals surface area contributed by atoms with Gasteiger partial charge in [-0.2, -0.15) is 0 Å².